The lowest BCUT2D eigenvalue weighted by Gasteiger charge is -2.09. The molecule has 0 radical (unpaired) electrons. The molecule has 1 unspecified atom stereocenters. The van der Waals surface area contributed by atoms with E-state index in [0.717, 1.165) is 32.5 Å². The van der Waals surface area contributed by atoms with Crippen molar-refractivity contribution in [3.63, 3.8) is 0 Å². The predicted molar refractivity (Wildman–Crippen MR) is 86.8 cm³/mol. The molecule has 1 aliphatic heterocycles. The van der Waals surface area contributed by atoms with E-state index in [9.17, 15) is 4.79 Å². The van der Waals surface area contributed by atoms with Gasteiger partial charge in [0.25, 0.3) is 0 Å². The van der Waals surface area contributed by atoms with Gasteiger partial charge in [0, 0.05) is 17.8 Å². The van der Waals surface area contributed by atoms with Gasteiger partial charge in [-0.3, -0.25) is 4.79 Å². The standard InChI is InChI=1S/C15H18N2OS.ClH/c18-15(11-5-7-16-9-11)17-8-6-12-10-19-14-4-2-1-3-13(12)14;/h1-4,10-11,16H,5-9H2,(H,17,18);1H. The molecule has 2 N–H and O–H groups in total. The molecule has 5 heteroatoms. The van der Waals surface area contributed by atoms with Gasteiger partial charge in [-0.25, -0.2) is 0 Å². The number of carbonyl (C=O) groups excluding carboxylic acids is 1. The molecular weight excluding hydrogens is 292 g/mol. The number of rotatable bonds is 4. The number of thiophene rings is 1. The molecule has 1 aromatic carbocycles. The van der Waals surface area contributed by atoms with Gasteiger partial charge in [0.2, 0.25) is 5.91 Å². The maximum absolute atomic E-state index is 11.9. The first-order valence-corrected chi connectivity index (χ1v) is 7.66. The van der Waals surface area contributed by atoms with Crippen LogP contribution >= 0.6 is 23.7 Å². The van der Waals surface area contributed by atoms with Crippen molar-refractivity contribution in [2.45, 2.75) is 12.8 Å². The van der Waals surface area contributed by atoms with Crippen LogP contribution in [0.2, 0.25) is 0 Å². The average Bonchev–Trinajstić information content (AvgIpc) is 3.08. The van der Waals surface area contributed by atoms with Gasteiger partial charge in [0.15, 0.2) is 0 Å². The van der Waals surface area contributed by atoms with Crippen molar-refractivity contribution in [3.8, 4) is 0 Å². The number of hydrogen-bond donors (Lipinski definition) is 2. The van der Waals surface area contributed by atoms with Crippen LogP contribution in [0.5, 0.6) is 0 Å². The summed E-state index contributed by atoms with van der Waals surface area (Å²) in [7, 11) is 0. The van der Waals surface area contributed by atoms with Crippen molar-refractivity contribution in [1.29, 1.82) is 0 Å². The largest absolute Gasteiger partial charge is 0.355 e. The first-order valence-electron chi connectivity index (χ1n) is 6.78. The third-order valence-corrected chi connectivity index (χ3v) is 4.70. The van der Waals surface area contributed by atoms with Crippen molar-refractivity contribution in [3.05, 3.63) is 35.2 Å². The summed E-state index contributed by atoms with van der Waals surface area (Å²) in [6, 6.07) is 8.44. The van der Waals surface area contributed by atoms with Gasteiger partial charge in [0.1, 0.15) is 0 Å². The Bertz CT molecular complexity index is 578. The highest BCUT2D eigenvalue weighted by Crippen LogP contribution is 2.25. The van der Waals surface area contributed by atoms with Crippen molar-refractivity contribution < 1.29 is 4.79 Å². The Kier molecular flexibility index (Phi) is 5.40. The molecule has 1 aromatic heterocycles. The van der Waals surface area contributed by atoms with Gasteiger partial charge in [-0.05, 0) is 41.8 Å². The molecule has 20 heavy (non-hydrogen) atoms. The average molecular weight is 311 g/mol. The van der Waals surface area contributed by atoms with E-state index < -0.39 is 0 Å². The van der Waals surface area contributed by atoms with E-state index in [1.807, 2.05) is 0 Å². The van der Waals surface area contributed by atoms with Gasteiger partial charge in [-0.15, -0.1) is 23.7 Å². The van der Waals surface area contributed by atoms with Crippen LogP contribution in [0, 0.1) is 5.92 Å². The van der Waals surface area contributed by atoms with Crippen LogP contribution in [-0.2, 0) is 11.2 Å². The van der Waals surface area contributed by atoms with Gasteiger partial charge >= 0.3 is 0 Å². The summed E-state index contributed by atoms with van der Waals surface area (Å²) in [6.07, 6.45) is 1.88. The molecule has 2 heterocycles. The summed E-state index contributed by atoms with van der Waals surface area (Å²) in [6.45, 7) is 2.52. The fourth-order valence-electron chi connectivity index (χ4n) is 2.57. The molecule has 3 rings (SSSR count). The molecule has 0 saturated carbocycles. The molecule has 0 bridgehead atoms. The third-order valence-electron chi connectivity index (χ3n) is 3.69. The van der Waals surface area contributed by atoms with Crippen molar-refractivity contribution in [2.75, 3.05) is 19.6 Å². The van der Waals surface area contributed by atoms with Crippen LogP contribution in [0.1, 0.15) is 12.0 Å². The highest BCUT2D eigenvalue weighted by Gasteiger charge is 2.21. The molecule has 3 nitrogen and oxygen atoms in total. The summed E-state index contributed by atoms with van der Waals surface area (Å²) in [4.78, 5) is 11.9. The smallest absolute Gasteiger partial charge is 0.224 e. The minimum atomic E-state index is 0. The normalized spacial score (nSPS) is 17.9. The zero-order valence-corrected chi connectivity index (χ0v) is 12.9. The molecule has 108 valence electrons. The van der Waals surface area contributed by atoms with Gasteiger partial charge < -0.3 is 10.6 Å². The van der Waals surface area contributed by atoms with Crippen LogP contribution < -0.4 is 10.6 Å². The zero-order chi connectivity index (χ0) is 13.1. The Morgan fingerprint density at radius 1 is 1.40 bits per heavy atom. The fourth-order valence-corrected chi connectivity index (χ4v) is 3.57. The number of benzene rings is 1. The van der Waals surface area contributed by atoms with Crippen molar-refractivity contribution in [2.24, 2.45) is 5.92 Å². The van der Waals surface area contributed by atoms with E-state index in [2.05, 4.69) is 40.3 Å². The van der Waals surface area contributed by atoms with E-state index in [4.69, 9.17) is 0 Å². The maximum Gasteiger partial charge on any atom is 0.224 e. The predicted octanol–water partition coefficient (Wildman–Crippen LogP) is 2.59. The first kappa shape index (κ1) is 15.3. The number of amides is 1. The Morgan fingerprint density at radius 2 is 2.25 bits per heavy atom. The number of halogens is 1. The molecule has 0 aliphatic carbocycles. The molecule has 1 aliphatic rings. The van der Waals surface area contributed by atoms with Crippen LogP contribution in [-0.4, -0.2) is 25.5 Å². The topological polar surface area (TPSA) is 41.1 Å². The molecule has 1 atom stereocenters. The van der Waals surface area contributed by atoms with Crippen LogP contribution in [0.25, 0.3) is 10.1 Å². The number of hydrogen-bond acceptors (Lipinski definition) is 3. The molecule has 1 amide bonds. The molecule has 2 aromatic rings. The first-order chi connectivity index (χ1) is 9.34. The Balaban J connectivity index is 0.00000147. The van der Waals surface area contributed by atoms with Gasteiger partial charge in [0.05, 0.1) is 5.92 Å². The fraction of sp³-hybridized carbons (Fsp3) is 0.400. The third kappa shape index (κ3) is 3.32. The van der Waals surface area contributed by atoms with Crippen molar-refractivity contribution >= 4 is 39.7 Å². The Hall–Kier alpha value is -1.10. The lowest BCUT2D eigenvalue weighted by atomic mass is 10.1. The van der Waals surface area contributed by atoms with E-state index in [-0.39, 0.29) is 24.2 Å². The lowest BCUT2D eigenvalue weighted by molar-refractivity contribution is -0.124. The molecular formula is C15H19ClN2OS. The quantitative estimate of drug-likeness (QED) is 0.911. The summed E-state index contributed by atoms with van der Waals surface area (Å²) >= 11 is 1.78. The summed E-state index contributed by atoms with van der Waals surface area (Å²) in [5, 5.41) is 9.80. The molecule has 0 spiro atoms. The second-order valence-corrected chi connectivity index (χ2v) is 5.90. The minimum absolute atomic E-state index is 0. The zero-order valence-electron chi connectivity index (χ0n) is 11.2. The molecule has 1 saturated heterocycles. The van der Waals surface area contributed by atoms with Gasteiger partial charge in [-0.2, -0.15) is 0 Å². The van der Waals surface area contributed by atoms with Gasteiger partial charge in [-0.1, -0.05) is 18.2 Å². The Morgan fingerprint density at radius 3 is 3.05 bits per heavy atom. The SMILES string of the molecule is Cl.O=C(NCCc1csc2ccccc12)C1CCNC1. The lowest BCUT2D eigenvalue weighted by Crippen LogP contribution is -2.33. The monoisotopic (exact) mass is 310 g/mol. The highest BCUT2D eigenvalue weighted by atomic mass is 35.5. The second-order valence-electron chi connectivity index (χ2n) is 4.99. The summed E-state index contributed by atoms with van der Waals surface area (Å²) < 4.78 is 1.32. The highest BCUT2D eigenvalue weighted by molar-refractivity contribution is 7.17. The van der Waals surface area contributed by atoms with Crippen molar-refractivity contribution in [1.82, 2.24) is 10.6 Å². The maximum atomic E-state index is 11.9. The van der Waals surface area contributed by atoms with E-state index >= 15 is 0 Å². The number of fused-ring (bicyclic) bond motifs is 1. The summed E-state index contributed by atoms with van der Waals surface area (Å²) in [5.74, 6) is 0.365. The van der Waals surface area contributed by atoms with E-state index in [1.54, 1.807) is 11.3 Å². The number of nitrogens with one attached hydrogen (secondary N) is 2. The van der Waals surface area contributed by atoms with E-state index in [1.165, 1.54) is 15.6 Å². The minimum Gasteiger partial charge on any atom is -0.355 e. The number of carbonyl (C=O) groups is 1. The van der Waals surface area contributed by atoms with E-state index in [0.29, 0.717) is 0 Å². The summed E-state index contributed by atoms with van der Waals surface area (Å²) in [5.41, 5.74) is 1.34. The van der Waals surface area contributed by atoms with Crippen LogP contribution in [0.3, 0.4) is 0 Å². The second kappa shape index (κ2) is 7.07. The molecule has 1 fully saturated rings. The van der Waals surface area contributed by atoms with Crippen LogP contribution in [0.15, 0.2) is 29.6 Å². The van der Waals surface area contributed by atoms with Crippen LogP contribution in [0.4, 0.5) is 0 Å². The Labute approximate surface area is 129 Å².